The van der Waals surface area contributed by atoms with Crippen molar-refractivity contribution in [1.29, 1.82) is 0 Å². The van der Waals surface area contributed by atoms with Crippen LogP contribution in [0.25, 0.3) is 0 Å². The van der Waals surface area contributed by atoms with Crippen molar-refractivity contribution in [2.45, 2.75) is 12.2 Å². The van der Waals surface area contributed by atoms with Crippen molar-refractivity contribution in [1.82, 2.24) is 0 Å². The van der Waals surface area contributed by atoms with Crippen molar-refractivity contribution in [3.63, 3.8) is 0 Å². The summed E-state index contributed by atoms with van der Waals surface area (Å²) in [4.78, 5) is 3.41. The van der Waals surface area contributed by atoms with E-state index in [1.807, 2.05) is 0 Å². The molecule has 0 aliphatic carbocycles. The summed E-state index contributed by atoms with van der Waals surface area (Å²) in [7, 11) is 0. The molecule has 2 nitrogen and oxygen atoms in total. The number of nitrogens with zero attached hydrogens (tertiary/aromatic N) is 1. The molecule has 1 aromatic carbocycles. The summed E-state index contributed by atoms with van der Waals surface area (Å²) in [6, 6.07) is -0.874. The lowest BCUT2D eigenvalue weighted by Crippen LogP contribution is -2.15. The molecule has 0 amide bonds. The van der Waals surface area contributed by atoms with E-state index in [1.54, 1.807) is 0 Å². The molecular formula is C10H7F5N2S. The molecule has 2 N–H and O–H groups in total. The van der Waals surface area contributed by atoms with Crippen molar-refractivity contribution in [3.8, 4) is 0 Å². The summed E-state index contributed by atoms with van der Waals surface area (Å²) in [6.07, 6.45) is -4.21. The molecule has 1 unspecified atom stereocenters. The Balaban J connectivity index is 3.54. The molecule has 0 spiro atoms. The lowest BCUT2D eigenvalue weighted by Gasteiger charge is -2.16. The summed E-state index contributed by atoms with van der Waals surface area (Å²) in [6.45, 7) is 0. The molecule has 0 heterocycles. The minimum atomic E-state index is -4.92. The van der Waals surface area contributed by atoms with Crippen LogP contribution in [0.15, 0.2) is 17.1 Å². The molecule has 0 aliphatic heterocycles. The first-order valence-electron chi connectivity index (χ1n) is 4.56. The van der Waals surface area contributed by atoms with Crippen molar-refractivity contribution < 1.29 is 22.0 Å². The molecule has 1 atom stereocenters. The van der Waals surface area contributed by atoms with Crippen molar-refractivity contribution in [2.75, 3.05) is 0 Å². The molecule has 1 aromatic rings. The number of alkyl halides is 3. The Morgan fingerprint density at radius 3 is 2.33 bits per heavy atom. The lowest BCUT2D eigenvalue weighted by atomic mass is 10.0. The third kappa shape index (κ3) is 3.00. The smallest absolute Gasteiger partial charge is 0.390 e. The Hall–Kier alpha value is -1.57. The standard InChI is InChI=1S/C10H7F5N2S/c11-5-1-6(10(13,14)15)9(7(12)2-5)8(3-18)17-4-16/h1-4,8H,(H2,16,17). The van der Waals surface area contributed by atoms with Crippen molar-refractivity contribution in [2.24, 2.45) is 10.7 Å². The monoisotopic (exact) mass is 282 g/mol. The predicted octanol–water partition coefficient (Wildman–Crippen LogP) is 3.01. The minimum absolute atomic E-state index is 0.191. The van der Waals surface area contributed by atoms with Crippen LogP contribution in [0.5, 0.6) is 0 Å². The highest BCUT2D eigenvalue weighted by atomic mass is 32.1. The average Bonchev–Trinajstić information content (AvgIpc) is 2.24. The molecule has 0 radical (unpaired) electrons. The van der Waals surface area contributed by atoms with Gasteiger partial charge in [-0.3, -0.25) is 4.99 Å². The Labute approximate surface area is 104 Å². The van der Waals surface area contributed by atoms with E-state index in [0.717, 1.165) is 5.37 Å². The zero-order chi connectivity index (χ0) is 13.9. The first kappa shape index (κ1) is 14.5. The molecule has 0 aromatic heterocycles. The fourth-order valence-electron chi connectivity index (χ4n) is 1.39. The highest BCUT2D eigenvalue weighted by molar-refractivity contribution is 7.79. The van der Waals surface area contributed by atoms with Crippen LogP contribution >= 0.6 is 12.2 Å². The average molecular weight is 282 g/mol. The third-order valence-corrected chi connectivity index (χ3v) is 2.33. The second kappa shape index (κ2) is 5.38. The van der Waals surface area contributed by atoms with Crippen LogP contribution in [0.1, 0.15) is 17.2 Å². The summed E-state index contributed by atoms with van der Waals surface area (Å²) >= 11 is 4.47. The molecule has 8 heteroatoms. The number of hydrogen-bond acceptors (Lipinski definition) is 2. The van der Waals surface area contributed by atoms with Crippen LogP contribution in [-0.2, 0) is 6.18 Å². The molecule has 0 bridgehead atoms. The van der Waals surface area contributed by atoms with Gasteiger partial charge in [-0.05, 0) is 6.07 Å². The minimum Gasteiger partial charge on any atom is -0.390 e. The van der Waals surface area contributed by atoms with Crippen LogP contribution < -0.4 is 5.73 Å². The Bertz CT molecular complexity index is 484. The molecule has 0 aliphatic rings. The number of aliphatic imine (C=N–C) groups is 1. The van der Waals surface area contributed by atoms with E-state index in [0.29, 0.717) is 12.4 Å². The molecule has 98 valence electrons. The van der Waals surface area contributed by atoms with E-state index in [-0.39, 0.29) is 6.07 Å². The number of thiocarbonyl (C=S) groups is 1. The van der Waals surface area contributed by atoms with Gasteiger partial charge in [0, 0.05) is 17.0 Å². The number of rotatable bonds is 3. The first-order valence-corrected chi connectivity index (χ1v) is 5.03. The molecule has 18 heavy (non-hydrogen) atoms. The summed E-state index contributed by atoms with van der Waals surface area (Å²) in [5, 5.41) is 0.814. The highest BCUT2D eigenvalue weighted by Crippen LogP contribution is 2.37. The van der Waals surface area contributed by atoms with Crippen molar-refractivity contribution >= 4 is 23.9 Å². The number of hydrogen-bond donors (Lipinski definition) is 1. The Kier molecular flexibility index (Phi) is 4.33. The summed E-state index contributed by atoms with van der Waals surface area (Å²) < 4.78 is 64.4. The number of halogens is 5. The van der Waals surface area contributed by atoms with Gasteiger partial charge in [0.2, 0.25) is 0 Å². The number of nitrogens with two attached hydrogens (primary N) is 1. The second-order valence-corrected chi connectivity index (χ2v) is 3.50. The van der Waals surface area contributed by atoms with Crippen LogP contribution in [0.4, 0.5) is 22.0 Å². The van der Waals surface area contributed by atoms with Crippen LogP contribution in [0.2, 0.25) is 0 Å². The maximum atomic E-state index is 13.5. The van der Waals surface area contributed by atoms with Crippen LogP contribution in [0.3, 0.4) is 0 Å². The van der Waals surface area contributed by atoms with Gasteiger partial charge in [-0.15, -0.1) is 0 Å². The van der Waals surface area contributed by atoms with Crippen LogP contribution in [0, 0.1) is 11.6 Å². The van der Waals surface area contributed by atoms with Crippen molar-refractivity contribution in [3.05, 3.63) is 34.9 Å². The zero-order valence-electron chi connectivity index (χ0n) is 8.71. The Morgan fingerprint density at radius 1 is 1.28 bits per heavy atom. The maximum absolute atomic E-state index is 13.5. The normalized spacial score (nSPS) is 13.8. The van der Waals surface area contributed by atoms with E-state index in [2.05, 4.69) is 17.2 Å². The molecule has 0 saturated carbocycles. The molecule has 1 rings (SSSR count). The lowest BCUT2D eigenvalue weighted by molar-refractivity contribution is -0.138. The van der Waals surface area contributed by atoms with E-state index in [4.69, 9.17) is 5.73 Å². The van der Waals surface area contributed by atoms with Gasteiger partial charge in [0.25, 0.3) is 0 Å². The van der Waals surface area contributed by atoms with E-state index in [9.17, 15) is 22.0 Å². The highest BCUT2D eigenvalue weighted by Gasteiger charge is 2.37. The fourth-order valence-corrected chi connectivity index (χ4v) is 1.60. The zero-order valence-corrected chi connectivity index (χ0v) is 9.53. The van der Waals surface area contributed by atoms with E-state index < -0.39 is 35.0 Å². The third-order valence-electron chi connectivity index (χ3n) is 2.07. The van der Waals surface area contributed by atoms with Gasteiger partial charge in [0.05, 0.1) is 11.9 Å². The molecule has 0 fully saturated rings. The molecular weight excluding hydrogens is 275 g/mol. The van der Waals surface area contributed by atoms with Gasteiger partial charge >= 0.3 is 6.18 Å². The number of benzene rings is 1. The predicted molar refractivity (Wildman–Crippen MR) is 60.4 cm³/mol. The topological polar surface area (TPSA) is 38.4 Å². The summed E-state index contributed by atoms with van der Waals surface area (Å²) in [5.74, 6) is -2.71. The van der Waals surface area contributed by atoms with Gasteiger partial charge in [-0.1, -0.05) is 12.2 Å². The van der Waals surface area contributed by atoms with E-state index >= 15 is 0 Å². The Morgan fingerprint density at radius 2 is 1.89 bits per heavy atom. The quantitative estimate of drug-likeness (QED) is 0.400. The van der Waals surface area contributed by atoms with E-state index in [1.165, 1.54) is 0 Å². The largest absolute Gasteiger partial charge is 0.416 e. The van der Waals surface area contributed by atoms with Crippen LogP contribution in [-0.4, -0.2) is 11.7 Å². The van der Waals surface area contributed by atoms with Gasteiger partial charge < -0.3 is 5.73 Å². The second-order valence-electron chi connectivity index (χ2n) is 3.23. The van der Waals surface area contributed by atoms with Gasteiger partial charge in [0.15, 0.2) is 0 Å². The van der Waals surface area contributed by atoms with Gasteiger partial charge in [-0.2, -0.15) is 13.2 Å². The SMILES string of the molecule is NC=NC(C=S)c1c(F)cc(F)cc1C(F)(F)F. The van der Waals surface area contributed by atoms with Gasteiger partial charge in [0.1, 0.15) is 17.7 Å². The molecule has 0 saturated heterocycles. The maximum Gasteiger partial charge on any atom is 0.416 e. The van der Waals surface area contributed by atoms with Gasteiger partial charge in [-0.25, -0.2) is 8.78 Å². The summed E-state index contributed by atoms with van der Waals surface area (Å²) in [5.41, 5.74) is 2.64. The first-order chi connectivity index (χ1) is 8.31. The fraction of sp³-hybridized carbons (Fsp3) is 0.200.